The first-order valence-corrected chi connectivity index (χ1v) is 10.3. The fourth-order valence-corrected chi connectivity index (χ4v) is 5.80. The molecule has 0 spiro atoms. The Bertz CT molecular complexity index is 703. The van der Waals surface area contributed by atoms with Crippen molar-refractivity contribution in [2.75, 3.05) is 18.0 Å². The predicted octanol–water partition coefficient (Wildman–Crippen LogP) is 2.54. The number of hydrogen-bond acceptors (Lipinski definition) is 5. The molecule has 4 fully saturated rings. The lowest BCUT2D eigenvalue weighted by atomic mass is 9.90. The zero-order chi connectivity index (χ0) is 17.7. The van der Waals surface area contributed by atoms with Crippen LogP contribution in [0.4, 0.5) is 5.95 Å². The summed E-state index contributed by atoms with van der Waals surface area (Å²) in [6, 6.07) is 2.95. The molecule has 3 aliphatic heterocycles. The summed E-state index contributed by atoms with van der Waals surface area (Å²) >= 11 is 0. The van der Waals surface area contributed by atoms with Crippen LogP contribution in [-0.4, -0.2) is 56.5 Å². The third kappa shape index (κ3) is 2.45. The number of carbonyl (C=O) groups is 1. The van der Waals surface area contributed by atoms with E-state index in [4.69, 9.17) is 4.98 Å². The fraction of sp³-hybridized carbons (Fsp3) is 0.750. The van der Waals surface area contributed by atoms with Crippen molar-refractivity contribution in [1.82, 2.24) is 19.8 Å². The topological polar surface area (TPSA) is 52.6 Å². The first-order valence-electron chi connectivity index (χ1n) is 10.3. The number of nitrogens with zero attached hydrogens (tertiary/aromatic N) is 5. The molecule has 26 heavy (non-hydrogen) atoms. The summed E-state index contributed by atoms with van der Waals surface area (Å²) in [5, 5.41) is 0. The number of hydrogen-bond donors (Lipinski definition) is 0. The average Bonchev–Trinajstić information content (AvgIpc) is 3.34. The van der Waals surface area contributed by atoms with E-state index in [0.29, 0.717) is 24.4 Å². The molecule has 1 aliphatic carbocycles. The minimum Gasteiger partial charge on any atom is -0.341 e. The maximum absolute atomic E-state index is 12.6. The third-order valence-electron chi connectivity index (χ3n) is 7.07. The van der Waals surface area contributed by atoms with Crippen molar-refractivity contribution in [3.05, 3.63) is 18.0 Å². The Hall–Kier alpha value is -1.69. The van der Waals surface area contributed by atoms with Crippen LogP contribution in [0.25, 0.3) is 0 Å². The Balaban J connectivity index is 1.43. The quantitative estimate of drug-likeness (QED) is 0.834. The fourth-order valence-electron chi connectivity index (χ4n) is 5.80. The zero-order valence-corrected chi connectivity index (χ0v) is 15.7. The smallest absolute Gasteiger partial charge is 0.225 e. The van der Waals surface area contributed by atoms with Crippen molar-refractivity contribution >= 4 is 11.9 Å². The summed E-state index contributed by atoms with van der Waals surface area (Å²) in [6.07, 6.45) is 10.9. The van der Waals surface area contributed by atoms with Crippen molar-refractivity contribution < 1.29 is 4.79 Å². The van der Waals surface area contributed by atoms with E-state index in [1.807, 2.05) is 6.20 Å². The molecule has 4 heterocycles. The van der Waals surface area contributed by atoms with E-state index in [-0.39, 0.29) is 5.66 Å². The standard InChI is InChI=1S/C20H29N5O/c1-20-10-8-18(26)25(20)17-7-3-2-6-16(17)24(20)14-15-9-11-21-19(22-15)23-12-4-5-13-23/h9,11,16-17H,2-8,10,12-14H2,1H3/t16-,17+,20-/m0/s1. The number of fused-ring (bicyclic) bond motifs is 3. The van der Waals surface area contributed by atoms with E-state index in [9.17, 15) is 4.79 Å². The summed E-state index contributed by atoms with van der Waals surface area (Å²) < 4.78 is 0. The maximum atomic E-state index is 12.6. The van der Waals surface area contributed by atoms with Gasteiger partial charge in [-0.3, -0.25) is 9.69 Å². The van der Waals surface area contributed by atoms with E-state index in [1.54, 1.807) is 0 Å². The van der Waals surface area contributed by atoms with Gasteiger partial charge in [0.25, 0.3) is 0 Å². The average molecular weight is 355 g/mol. The summed E-state index contributed by atoms with van der Waals surface area (Å²) in [5.41, 5.74) is 0.962. The normalized spacial score (nSPS) is 34.4. The van der Waals surface area contributed by atoms with E-state index in [1.165, 1.54) is 32.1 Å². The van der Waals surface area contributed by atoms with Gasteiger partial charge in [0.15, 0.2) is 0 Å². The summed E-state index contributed by atoms with van der Waals surface area (Å²) in [7, 11) is 0. The second-order valence-corrected chi connectivity index (χ2v) is 8.57. The molecule has 0 unspecified atom stereocenters. The van der Waals surface area contributed by atoms with Crippen LogP contribution in [0.5, 0.6) is 0 Å². The molecule has 6 heteroatoms. The Morgan fingerprint density at radius 3 is 2.73 bits per heavy atom. The second-order valence-electron chi connectivity index (χ2n) is 8.57. The van der Waals surface area contributed by atoms with Crippen LogP contribution < -0.4 is 4.90 Å². The molecule has 4 aliphatic rings. The van der Waals surface area contributed by atoms with E-state index in [0.717, 1.165) is 44.1 Å². The van der Waals surface area contributed by atoms with Gasteiger partial charge in [0.05, 0.1) is 11.4 Å². The van der Waals surface area contributed by atoms with Crippen LogP contribution in [0, 0.1) is 0 Å². The predicted molar refractivity (Wildman–Crippen MR) is 99.6 cm³/mol. The zero-order valence-electron chi connectivity index (χ0n) is 15.7. The SMILES string of the molecule is C[C@@]12CCC(=O)N1[C@@H]1CCCC[C@@H]1N2Cc1ccnc(N2CCCC2)n1. The third-order valence-corrected chi connectivity index (χ3v) is 7.07. The minimum absolute atomic E-state index is 0.129. The van der Waals surface area contributed by atoms with Gasteiger partial charge in [-0.25, -0.2) is 9.97 Å². The molecular weight excluding hydrogens is 326 g/mol. The highest BCUT2D eigenvalue weighted by Gasteiger charge is 2.59. The minimum atomic E-state index is -0.129. The van der Waals surface area contributed by atoms with E-state index < -0.39 is 0 Å². The van der Waals surface area contributed by atoms with Crippen LogP contribution in [0.3, 0.4) is 0 Å². The second kappa shape index (κ2) is 6.19. The van der Waals surface area contributed by atoms with Gasteiger partial charge < -0.3 is 9.80 Å². The van der Waals surface area contributed by atoms with Crippen molar-refractivity contribution in [3.63, 3.8) is 0 Å². The van der Waals surface area contributed by atoms with Gasteiger partial charge in [0, 0.05) is 44.3 Å². The Labute approximate surface area is 155 Å². The Morgan fingerprint density at radius 1 is 1.15 bits per heavy atom. The van der Waals surface area contributed by atoms with Gasteiger partial charge in [-0.15, -0.1) is 0 Å². The van der Waals surface area contributed by atoms with Gasteiger partial charge in [-0.1, -0.05) is 12.8 Å². The molecule has 1 aromatic rings. The van der Waals surface area contributed by atoms with Crippen molar-refractivity contribution in [2.24, 2.45) is 0 Å². The largest absolute Gasteiger partial charge is 0.341 e. The summed E-state index contributed by atoms with van der Waals surface area (Å²) in [6.45, 7) is 5.24. The van der Waals surface area contributed by atoms with E-state index in [2.05, 4.69) is 32.7 Å². The highest BCUT2D eigenvalue weighted by Crippen LogP contribution is 2.48. The van der Waals surface area contributed by atoms with Crippen LogP contribution in [-0.2, 0) is 11.3 Å². The molecule has 0 radical (unpaired) electrons. The number of amides is 1. The maximum Gasteiger partial charge on any atom is 0.225 e. The van der Waals surface area contributed by atoms with Gasteiger partial charge in [0.1, 0.15) is 0 Å². The highest BCUT2D eigenvalue weighted by atomic mass is 16.2. The molecule has 0 bridgehead atoms. The molecule has 3 atom stereocenters. The lowest BCUT2D eigenvalue weighted by Gasteiger charge is -2.37. The summed E-state index contributed by atoms with van der Waals surface area (Å²) in [5.74, 6) is 1.23. The van der Waals surface area contributed by atoms with Gasteiger partial charge in [0.2, 0.25) is 11.9 Å². The van der Waals surface area contributed by atoms with Gasteiger partial charge in [-0.05, 0) is 45.1 Å². The molecule has 0 N–H and O–H groups in total. The van der Waals surface area contributed by atoms with Crippen molar-refractivity contribution in [3.8, 4) is 0 Å². The Kier molecular flexibility index (Phi) is 3.92. The van der Waals surface area contributed by atoms with Crippen LogP contribution >= 0.6 is 0 Å². The molecule has 1 saturated carbocycles. The number of carbonyl (C=O) groups excluding carboxylic acids is 1. The first-order chi connectivity index (χ1) is 12.7. The van der Waals surface area contributed by atoms with Gasteiger partial charge in [-0.2, -0.15) is 0 Å². The lowest BCUT2D eigenvalue weighted by molar-refractivity contribution is -0.133. The molecule has 1 aromatic heterocycles. The van der Waals surface area contributed by atoms with Crippen LogP contribution in [0.15, 0.2) is 12.3 Å². The lowest BCUT2D eigenvalue weighted by Crippen LogP contribution is -2.49. The monoisotopic (exact) mass is 355 g/mol. The van der Waals surface area contributed by atoms with Crippen molar-refractivity contribution in [1.29, 1.82) is 0 Å². The number of rotatable bonds is 3. The highest BCUT2D eigenvalue weighted by molar-refractivity contribution is 5.80. The molecular formula is C20H29N5O. The molecule has 6 nitrogen and oxygen atoms in total. The molecule has 1 amide bonds. The molecule has 140 valence electrons. The first kappa shape index (κ1) is 16.5. The Morgan fingerprint density at radius 2 is 1.92 bits per heavy atom. The van der Waals surface area contributed by atoms with Crippen molar-refractivity contribution in [2.45, 2.75) is 82.6 Å². The van der Waals surface area contributed by atoms with Crippen LogP contribution in [0.2, 0.25) is 0 Å². The molecule has 3 saturated heterocycles. The number of anilines is 1. The van der Waals surface area contributed by atoms with E-state index >= 15 is 0 Å². The number of aromatic nitrogens is 2. The van der Waals surface area contributed by atoms with Crippen LogP contribution in [0.1, 0.15) is 64.0 Å². The summed E-state index contributed by atoms with van der Waals surface area (Å²) in [4.78, 5) is 29.1. The van der Waals surface area contributed by atoms with Gasteiger partial charge >= 0.3 is 0 Å². The molecule has 0 aromatic carbocycles. The molecule has 5 rings (SSSR count).